The number of hydrogen-bond acceptors (Lipinski definition) is 6. The molecule has 34 heavy (non-hydrogen) atoms. The van der Waals surface area contributed by atoms with Crippen LogP contribution in [-0.2, 0) is 18.8 Å². The highest BCUT2D eigenvalue weighted by molar-refractivity contribution is 7.99. The lowest BCUT2D eigenvalue weighted by Gasteiger charge is -2.32. The number of unbranched alkanes of at least 4 members (excludes halogenated alkanes) is 11. The molecule has 0 amide bonds. The molecular formula is C26H51O6PS. The lowest BCUT2D eigenvalue weighted by Crippen LogP contribution is -2.50. The minimum Gasteiger partial charge on any atom is -0.478 e. The van der Waals surface area contributed by atoms with Gasteiger partial charge in [0.1, 0.15) is 0 Å². The number of aliphatic hydroxyl groups is 1. The van der Waals surface area contributed by atoms with Crippen molar-refractivity contribution in [2.45, 2.75) is 147 Å². The predicted octanol–water partition coefficient (Wildman–Crippen LogP) is 7.81. The van der Waals surface area contributed by atoms with Crippen molar-refractivity contribution in [3.05, 3.63) is 0 Å². The second-order valence-corrected chi connectivity index (χ2v) is 11.5. The summed E-state index contributed by atoms with van der Waals surface area (Å²) in [5.41, 5.74) is 0. The number of rotatable bonds is 25. The van der Waals surface area contributed by atoms with Gasteiger partial charge in [0, 0.05) is 11.9 Å². The quantitative estimate of drug-likeness (QED) is 0.0717. The van der Waals surface area contributed by atoms with Crippen molar-refractivity contribution >= 4 is 26.2 Å². The van der Waals surface area contributed by atoms with Crippen LogP contribution in [0.2, 0.25) is 0 Å². The minimum atomic E-state index is -2.61. The van der Waals surface area contributed by atoms with Gasteiger partial charge in [0.2, 0.25) is 14.8 Å². The number of aliphatic carboxylic acids is 1. The Bertz CT molecular complexity index is 510. The van der Waals surface area contributed by atoms with Crippen LogP contribution in [0.4, 0.5) is 0 Å². The molecule has 8 heteroatoms. The van der Waals surface area contributed by atoms with E-state index in [1.165, 1.54) is 57.8 Å². The molecule has 0 aromatic carbocycles. The Balaban J connectivity index is 4.65. The summed E-state index contributed by atoms with van der Waals surface area (Å²) in [6, 6.07) is 0. The predicted molar refractivity (Wildman–Crippen MR) is 143 cm³/mol. The molecule has 0 aromatic rings. The van der Waals surface area contributed by atoms with Gasteiger partial charge in [0.05, 0.1) is 6.10 Å². The van der Waals surface area contributed by atoms with Gasteiger partial charge < -0.3 is 19.7 Å². The molecule has 6 nitrogen and oxygen atoms in total. The summed E-state index contributed by atoms with van der Waals surface area (Å²) in [5.74, 6) is -0.581. The molecular weight excluding hydrogens is 471 g/mol. The topological polar surface area (TPSA) is 93.1 Å². The van der Waals surface area contributed by atoms with E-state index in [0.29, 0.717) is 6.42 Å². The van der Waals surface area contributed by atoms with Crippen molar-refractivity contribution in [2.24, 2.45) is 0 Å². The van der Waals surface area contributed by atoms with E-state index >= 15 is 0 Å². The Morgan fingerprint density at radius 2 is 1.41 bits per heavy atom. The first-order chi connectivity index (χ1) is 16.4. The van der Waals surface area contributed by atoms with Gasteiger partial charge in [-0.05, 0) is 31.9 Å². The molecule has 0 aliphatic carbocycles. The first kappa shape index (κ1) is 33.8. The molecule has 4 atom stereocenters. The van der Waals surface area contributed by atoms with Crippen LogP contribution in [0.15, 0.2) is 0 Å². The van der Waals surface area contributed by atoms with Crippen LogP contribution < -0.4 is 0 Å². The van der Waals surface area contributed by atoms with E-state index in [1.807, 2.05) is 25.6 Å². The number of carbonyl (C=O) groups is 1. The summed E-state index contributed by atoms with van der Waals surface area (Å²) in [7, 11) is -0.942. The minimum absolute atomic E-state index is 0.166. The highest BCUT2D eigenvalue weighted by Gasteiger charge is 2.49. The van der Waals surface area contributed by atoms with Gasteiger partial charge in [-0.2, -0.15) is 11.8 Å². The standard InChI is InChI=1S/C26H51O6PS/c1-5-8-10-11-12-13-14-15-16-18-21-34-23(19-17-9-6-2)22(4)32-25(31-20-7-3)26(29,33-30)24(27)28/h22-23,25,29H,5-21H2,1-4H3,(H,27,28). The maximum atomic E-state index is 11.6. The Hall–Kier alpha value is -0.200. The molecule has 0 radical (unpaired) electrons. The average molecular weight is 523 g/mol. The molecule has 0 rings (SSSR count). The zero-order valence-electron chi connectivity index (χ0n) is 22.1. The second kappa shape index (κ2) is 22.0. The third-order valence-corrected chi connectivity index (χ3v) is 8.29. The fourth-order valence-corrected chi connectivity index (χ4v) is 5.46. The van der Waals surface area contributed by atoms with Gasteiger partial charge >= 0.3 is 5.97 Å². The molecule has 0 saturated heterocycles. The molecule has 0 heterocycles. The Kier molecular flexibility index (Phi) is 21.9. The number of ether oxygens (including phenoxy) is 2. The maximum Gasteiger partial charge on any atom is 0.353 e. The highest BCUT2D eigenvalue weighted by atomic mass is 32.2. The summed E-state index contributed by atoms with van der Waals surface area (Å²) >= 11 is 1.86. The molecule has 0 spiro atoms. The lowest BCUT2D eigenvalue weighted by molar-refractivity contribution is -0.230. The van der Waals surface area contributed by atoms with E-state index in [1.54, 1.807) is 0 Å². The monoisotopic (exact) mass is 522 g/mol. The summed E-state index contributed by atoms with van der Waals surface area (Å²) in [6.07, 6.45) is 16.2. The fourth-order valence-electron chi connectivity index (χ4n) is 3.81. The molecule has 0 saturated carbocycles. The number of hydrogen-bond donors (Lipinski definition) is 2. The average Bonchev–Trinajstić information content (AvgIpc) is 2.83. The van der Waals surface area contributed by atoms with Crippen molar-refractivity contribution in [1.29, 1.82) is 0 Å². The van der Waals surface area contributed by atoms with Crippen LogP contribution in [0, 0.1) is 0 Å². The normalized spacial score (nSPS) is 16.3. The van der Waals surface area contributed by atoms with Crippen LogP contribution in [0.1, 0.15) is 124 Å². The first-order valence-corrected chi connectivity index (χ1v) is 15.4. The molecule has 0 aliphatic rings. The Labute approximate surface area is 214 Å². The lowest BCUT2D eigenvalue weighted by atomic mass is 10.1. The van der Waals surface area contributed by atoms with E-state index in [9.17, 15) is 19.6 Å². The SMILES string of the molecule is CCCCCCCCCCCCSC(CCCCC)C(C)OC(OCCC)C(O)(P=O)C(=O)O. The van der Waals surface area contributed by atoms with Crippen LogP contribution >= 0.6 is 20.2 Å². The number of carboxylic acids is 1. The van der Waals surface area contributed by atoms with E-state index in [4.69, 9.17) is 9.47 Å². The number of carboxylic acid groups (broad SMARTS) is 1. The number of thioether (sulfide) groups is 1. The van der Waals surface area contributed by atoms with E-state index in [0.717, 1.165) is 37.9 Å². The summed E-state index contributed by atoms with van der Waals surface area (Å²) in [6.45, 7) is 8.41. The molecule has 0 fully saturated rings. The van der Waals surface area contributed by atoms with E-state index < -0.39 is 26.1 Å². The molecule has 202 valence electrons. The van der Waals surface area contributed by atoms with E-state index in [-0.39, 0.29) is 18.0 Å². The second-order valence-electron chi connectivity index (χ2n) is 9.25. The van der Waals surface area contributed by atoms with E-state index in [2.05, 4.69) is 13.8 Å². The smallest absolute Gasteiger partial charge is 0.353 e. The Morgan fingerprint density at radius 3 is 1.91 bits per heavy atom. The van der Waals surface area contributed by atoms with Crippen molar-refractivity contribution in [3.63, 3.8) is 0 Å². The first-order valence-electron chi connectivity index (χ1n) is 13.6. The van der Waals surface area contributed by atoms with Gasteiger partial charge in [-0.3, -0.25) is 4.57 Å². The molecule has 0 bridgehead atoms. The largest absolute Gasteiger partial charge is 0.478 e. The molecule has 0 aliphatic heterocycles. The molecule has 4 unspecified atom stereocenters. The highest BCUT2D eigenvalue weighted by Crippen LogP contribution is 2.32. The zero-order valence-corrected chi connectivity index (χ0v) is 23.8. The van der Waals surface area contributed by atoms with Crippen molar-refractivity contribution < 1.29 is 29.0 Å². The van der Waals surface area contributed by atoms with Gasteiger partial charge in [-0.25, -0.2) is 4.79 Å². The third-order valence-electron chi connectivity index (χ3n) is 6.04. The van der Waals surface area contributed by atoms with Crippen molar-refractivity contribution in [3.8, 4) is 0 Å². The van der Waals surface area contributed by atoms with Crippen LogP contribution in [0.25, 0.3) is 0 Å². The van der Waals surface area contributed by atoms with Crippen LogP contribution in [-0.4, -0.2) is 51.5 Å². The summed E-state index contributed by atoms with van der Waals surface area (Å²) in [4.78, 5) is 11.6. The maximum absolute atomic E-state index is 11.6. The fraction of sp³-hybridized carbons (Fsp3) is 0.962. The van der Waals surface area contributed by atoms with Gasteiger partial charge in [0.25, 0.3) is 5.34 Å². The molecule has 2 N–H and O–H groups in total. The van der Waals surface area contributed by atoms with Gasteiger partial charge in [-0.1, -0.05) is 97.8 Å². The van der Waals surface area contributed by atoms with Gasteiger partial charge in [-0.15, -0.1) is 0 Å². The Morgan fingerprint density at radius 1 is 0.882 bits per heavy atom. The zero-order chi connectivity index (χ0) is 25.7. The van der Waals surface area contributed by atoms with Crippen LogP contribution in [0.3, 0.4) is 0 Å². The van der Waals surface area contributed by atoms with Crippen molar-refractivity contribution in [1.82, 2.24) is 0 Å². The van der Waals surface area contributed by atoms with Gasteiger partial charge in [0.15, 0.2) is 0 Å². The summed E-state index contributed by atoms with van der Waals surface area (Å²) < 4.78 is 23.0. The van der Waals surface area contributed by atoms with Crippen molar-refractivity contribution in [2.75, 3.05) is 12.4 Å². The summed E-state index contributed by atoms with van der Waals surface area (Å²) in [5, 5.41) is 17.4. The van der Waals surface area contributed by atoms with Crippen LogP contribution in [0.5, 0.6) is 0 Å². The molecule has 0 aromatic heterocycles. The third kappa shape index (κ3) is 15.0.